The molecule has 2 rings (SSSR count). The van der Waals surface area contributed by atoms with Crippen LogP contribution in [0.5, 0.6) is 11.5 Å². The molecule has 112 valence electrons. The molecule has 2 aromatic carbocycles. The van der Waals surface area contributed by atoms with Crippen molar-refractivity contribution in [3.05, 3.63) is 48.0 Å². The molecular formula is C15H17NO4S. The number of methoxy groups -OCH3 is 1. The number of nitrogens with one attached hydrogen (secondary N) is 1. The maximum absolute atomic E-state index is 11.4. The zero-order chi connectivity index (χ0) is 15.5. The summed E-state index contributed by atoms with van der Waals surface area (Å²) in [6, 6.07) is 11.7. The summed E-state index contributed by atoms with van der Waals surface area (Å²) in [5.74, 6) is 0.514. The molecule has 0 aliphatic rings. The summed E-state index contributed by atoms with van der Waals surface area (Å²) in [6.07, 6.45) is 1.18. The first-order valence-corrected chi connectivity index (χ1v) is 8.19. The summed E-state index contributed by atoms with van der Waals surface area (Å²) in [5, 5.41) is 12.9. The molecule has 2 N–H and O–H groups in total. The van der Waals surface area contributed by atoms with Gasteiger partial charge in [-0.1, -0.05) is 6.07 Å². The number of hydrogen-bond acceptors (Lipinski definition) is 5. The van der Waals surface area contributed by atoms with Crippen molar-refractivity contribution in [2.24, 2.45) is 0 Å². The van der Waals surface area contributed by atoms with Crippen LogP contribution in [0.25, 0.3) is 0 Å². The topological polar surface area (TPSA) is 75.6 Å². The van der Waals surface area contributed by atoms with Crippen LogP contribution in [0.2, 0.25) is 0 Å². The van der Waals surface area contributed by atoms with Crippen molar-refractivity contribution < 1.29 is 18.3 Å². The fourth-order valence-corrected chi connectivity index (χ4v) is 2.50. The minimum absolute atomic E-state index is 0.0872. The summed E-state index contributed by atoms with van der Waals surface area (Å²) in [4.78, 5) is 0.287. The first-order valence-electron chi connectivity index (χ1n) is 6.30. The van der Waals surface area contributed by atoms with Crippen molar-refractivity contribution in [3.63, 3.8) is 0 Å². The molecule has 0 spiro atoms. The van der Waals surface area contributed by atoms with Gasteiger partial charge in [-0.2, -0.15) is 0 Å². The summed E-state index contributed by atoms with van der Waals surface area (Å²) < 4.78 is 27.7. The van der Waals surface area contributed by atoms with Gasteiger partial charge in [0.2, 0.25) is 0 Å². The van der Waals surface area contributed by atoms with Crippen molar-refractivity contribution in [2.75, 3.05) is 18.7 Å². The van der Waals surface area contributed by atoms with E-state index in [1.54, 1.807) is 36.4 Å². The molecule has 0 radical (unpaired) electrons. The first-order chi connectivity index (χ1) is 9.90. The van der Waals surface area contributed by atoms with E-state index in [-0.39, 0.29) is 10.6 Å². The van der Waals surface area contributed by atoms with Crippen molar-refractivity contribution in [1.82, 2.24) is 0 Å². The second-order valence-electron chi connectivity index (χ2n) is 4.66. The maximum atomic E-state index is 11.4. The summed E-state index contributed by atoms with van der Waals surface area (Å²) in [5.41, 5.74) is 1.69. The molecule has 2 aromatic rings. The van der Waals surface area contributed by atoms with Gasteiger partial charge < -0.3 is 15.2 Å². The highest BCUT2D eigenvalue weighted by molar-refractivity contribution is 7.90. The lowest BCUT2D eigenvalue weighted by atomic mass is 10.2. The number of phenolic OH excluding ortho intramolecular Hbond substituents is 1. The Morgan fingerprint density at radius 1 is 1.14 bits per heavy atom. The molecule has 0 amide bonds. The number of hydrogen-bond donors (Lipinski definition) is 2. The highest BCUT2D eigenvalue weighted by Crippen LogP contribution is 2.26. The van der Waals surface area contributed by atoms with Crippen LogP contribution in [0.15, 0.2) is 47.4 Å². The molecule has 5 nitrogen and oxygen atoms in total. The number of phenols is 1. The molecular weight excluding hydrogens is 290 g/mol. The lowest BCUT2D eigenvalue weighted by molar-refractivity contribution is 0.373. The minimum atomic E-state index is -3.17. The predicted molar refractivity (Wildman–Crippen MR) is 81.5 cm³/mol. The van der Waals surface area contributed by atoms with Gasteiger partial charge in [0.15, 0.2) is 21.3 Å². The normalized spacial score (nSPS) is 11.1. The van der Waals surface area contributed by atoms with Crippen LogP contribution in [-0.2, 0) is 16.4 Å². The van der Waals surface area contributed by atoms with Crippen LogP contribution in [0.3, 0.4) is 0 Å². The van der Waals surface area contributed by atoms with Crippen LogP contribution >= 0.6 is 0 Å². The third kappa shape index (κ3) is 3.88. The highest BCUT2D eigenvalue weighted by Gasteiger charge is 2.06. The number of benzene rings is 2. The average Bonchev–Trinajstić information content (AvgIpc) is 2.45. The monoisotopic (exact) mass is 307 g/mol. The third-order valence-corrected chi connectivity index (χ3v) is 4.15. The lowest BCUT2D eigenvalue weighted by Crippen LogP contribution is -2.01. The Bertz CT molecular complexity index is 724. The SMILES string of the molecule is COc1ccc(CNc2ccc(S(C)(=O)=O)cc2)cc1O. The minimum Gasteiger partial charge on any atom is -0.504 e. The molecule has 0 fully saturated rings. The summed E-state index contributed by atoms with van der Waals surface area (Å²) in [6.45, 7) is 0.510. The predicted octanol–water partition coefficient (Wildman–Crippen LogP) is 2.42. The molecule has 0 aliphatic carbocycles. The Balaban J connectivity index is 2.05. The molecule has 21 heavy (non-hydrogen) atoms. The van der Waals surface area contributed by atoms with Gasteiger partial charge in [-0.25, -0.2) is 8.42 Å². The average molecular weight is 307 g/mol. The fraction of sp³-hybridized carbons (Fsp3) is 0.200. The molecule has 0 saturated carbocycles. The zero-order valence-corrected chi connectivity index (χ0v) is 12.6. The van der Waals surface area contributed by atoms with Gasteiger partial charge in [-0.05, 0) is 42.0 Å². The fourth-order valence-electron chi connectivity index (χ4n) is 1.87. The number of anilines is 1. The van der Waals surface area contributed by atoms with Crippen LogP contribution in [0, 0.1) is 0 Å². The van der Waals surface area contributed by atoms with E-state index in [1.165, 1.54) is 13.4 Å². The van der Waals surface area contributed by atoms with Crippen molar-refractivity contribution in [2.45, 2.75) is 11.4 Å². The molecule has 0 aliphatic heterocycles. The number of rotatable bonds is 5. The lowest BCUT2D eigenvalue weighted by Gasteiger charge is -2.09. The molecule has 0 saturated heterocycles. The second kappa shape index (κ2) is 6.05. The molecule has 0 bridgehead atoms. The molecule has 0 unspecified atom stereocenters. The number of sulfone groups is 1. The standard InChI is InChI=1S/C15H17NO4S/c1-20-15-8-3-11(9-14(15)17)10-16-12-4-6-13(7-5-12)21(2,18)19/h3-9,16-17H,10H2,1-2H3. The third-order valence-electron chi connectivity index (χ3n) is 3.02. The van der Waals surface area contributed by atoms with Crippen LogP contribution < -0.4 is 10.1 Å². The van der Waals surface area contributed by atoms with Crippen LogP contribution in [0.1, 0.15) is 5.56 Å². The van der Waals surface area contributed by atoms with Crippen molar-refractivity contribution >= 4 is 15.5 Å². The van der Waals surface area contributed by atoms with Gasteiger partial charge >= 0.3 is 0 Å². The quantitative estimate of drug-likeness (QED) is 0.887. The largest absolute Gasteiger partial charge is 0.504 e. The van der Waals surface area contributed by atoms with E-state index in [4.69, 9.17) is 4.74 Å². The van der Waals surface area contributed by atoms with Crippen molar-refractivity contribution in [1.29, 1.82) is 0 Å². The van der Waals surface area contributed by atoms with Crippen LogP contribution in [0.4, 0.5) is 5.69 Å². The zero-order valence-electron chi connectivity index (χ0n) is 11.8. The Hall–Kier alpha value is -2.21. The Kier molecular flexibility index (Phi) is 4.37. The van der Waals surface area contributed by atoms with E-state index < -0.39 is 9.84 Å². The Morgan fingerprint density at radius 3 is 2.33 bits per heavy atom. The molecule has 0 heterocycles. The number of aromatic hydroxyl groups is 1. The summed E-state index contributed by atoms with van der Waals surface area (Å²) in [7, 11) is -1.68. The van der Waals surface area contributed by atoms with Gasteiger partial charge in [0.05, 0.1) is 12.0 Å². The Labute approximate surface area is 124 Å². The highest BCUT2D eigenvalue weighted by atomic mass is 32.2. The molecule has 0 atom stereocenters. The van der Waals surface area contributed by atoms with E-state index >= 15 is 0 Å². The van der Waals surface area contributed by atoms with E-state index in [2.05, 4.69) is 5.32 Å². The summed E-state index contributed by atoms with van der Waals surface area (Å²) >= 11 is 0. The smallest absolute Gasteiger partial charge is 0.175 e. The van der Waals surface area contributed by atoms with Gasteiger partial charge in [0.25, 0.3) is 0 Å². The molecule has 6 heteroatoms. The number of ether oxygens (including phenoxy) is 1. The first kappa shape index (κ1) is 15.2. The van der Waals surface area contributed by atoms with Crippen molar-refractivity contribution in [3.8, 4) is 11.5 Å². The van der Waals surface area contributed by atoms with E-state index in [9.17, 15) is 13.5 Å². The van der Waals surface area contributed by atoms with E-state index in [0.717, 1.165) is 11.3 Å². The van der Waals surface area contributed by atoms with E-state index in [0.29, 0.717) is 12.3 Å². The van der Waals surface area contributed by atoms with Gasteiger partial charge in [0.1, 0.15) is 0 Å². The van der Waals surface area contributed by atoms with Gasteiger partial charge in [-0.15, -0.1) is 0 Å². The van der Waals surface area contributed by atoms with E-state index in [1.807, 2.05) is 6.07 Å². The molecule has 0 aromatic heterocycles. The van der Waals surface area contributed by atoms with Gasteiger partial charge in [0, 0.05) is 18.5 Å². The van der Waals surface area contributed by atoms with Crippen LogP contribution in [-0.4, -0.2) is 26.9 Å². The maximum Gasteiger partial charge on any atom is 0.175 e. The Morgan fingerprint density at radius 2 is 1.81 bits per heavy atom. The van der Waals surface area contributed by atoms with Gasteiger partial charge in [-0.3, -0.25) is 0 Å². The second-order valence-corrected chi connectivity index (χ2v) is 6.67.